The molecule has 1 atom stereocenters. The Hall–Kier alpha value is 0.840. The van der Waals surface area contributed by atoms with Crippen molar-refractivity contribution in [3.8, 4) is 0 Å². The van der Waals surface area contributed by atoms with E-state index in [0.29, 0.717) is 4.75 Å². The molecule has 4 heteroatoms. The van der Waals surface area contributed by atoms with E-state index in [1.54, 1.807) is 0 Å². The molecule has 0 aliphatic carbocycles. The van der Waals surface area contributed by atoms with Crippen LogP contribution in [0.25, 0.3) is 0 Å². The third-order valence-corrected chi connectivity index (χ3v) is 7.41. The summed E-state index contributed by atoms with van der Waals surface area (Å²) in [5.74, 6) is 1.35. The number of thioether (sulfide) groups is 2. The fourth-order valence-electron chi connectivity index (χ4n) is 0.986. The lowest BCUT2D eigenvalue weighted by Gasteiger charge is -2.17. The normalized spacial score (nSPS) is 29.8. The van der Waals surface area contributed by atoms with Gasteiger partial charge in [0.05, 0.1) is 0 Å². The molecule has 0 bridgehead atoms. The van der Waals surface area contributed by atoms with Gasteiger partial charge in [-0.25, -0.2) is 0 Å². The van der Waals surface area contributed by atoms with Crippen LogP contribution in [0.3, 0.4) is 0 Å². The molecule has 0 aromatic carbocycles. The first-order chi connectivity index (χ1) is 6.77. The van der Waals surface area contributed by atoms with Gasteiger partial charge in [-0.3, -0.25) is 4.79 Å². The summed E-state index contributed by atoms with van der Waals surface area (Å²) < 4.78 is 2.63. The molecule has 1 aliphatic rings. The van der Waals surface area contributed by atoms with Crippen LogP contribution in [0, 0.1) is 5.41 Å². The molecule has 0 aromatic rings. The molecule has 15 heavy (non-hydrogen) atoms. The van der Waals surface area contributed by atoms with Crippen molar-refractivity contribution in [3.05, 3.63) is 10.3 Å². The number of hydrogen-bond acceptors (Lipinski definition) is 3. The van der Waals surface area contributed by atoms with E-state index in [-0.39, 0.29) is 11.2 Å². The molecular weight excluding hydrogens is 339 g/mol. The molecule has 1 aliphatic heterocycles. The summed E-state index contributed by atoms with van der Waals surface area (Å²) >= 11 is 6.09. The standard InChI is InChI=1S/C11H17IOS2/c1-10(2,3)8(13)5-9-14-7-11(4,6-12)15-9/h5H,6-7H2,1-4H3/b9-5-. The van der Waals surface area contributed by atoms with E-state index in [9.17, 15) is 4.79 Å². The maximum Gasteiger partial charge on any atom is 0.162 e. The Balaban J connectivity index is 2.69. The Bertz CT molecular complexity index is 293. The first kappa shape index (κ1) is 13.9. The highest BCUT2D eigenvalue weighted by Crippen LogP contribution is 2.49. The number of hydrogen-bond donors (Lipinski definition) is 0. The van der Waals surface area contributed by atoms with Gasteiger partial charge >= 0.3 is 0 Å². The average molecular weight is 356 g/mol. The molecule has 1 unspecified atom stereocenters. The fourth-order valence-corrected chi connectivity index (χ4v) is 4.96. The zero-order valence-corrected chi connectivity index (χ0v) is 13.4. The van der Waals surface area contributed by atoms with Crippen LogP contribution in [-0.4, -0.2) is 20.7 Å². The highest BCUT2D eigenvalue weighted by molar-refractivity contribution is 14.1. The van der Waals surface area contributed by atoms with Crippen molar-refractivity contribution >= 4 is 51.9 Å². The van der Waals surface area contributed by atoms with E-state index in [1.807, 2.05) is 50.4 Å². The third kappa shape index (κ3) is 3.97. The van der Waals surface area contributed by atoms with E-state index >= 15 is 0 Å². The molecule has 0 amide bonds. The predicted octanol–water partition coefficient (Wildman–Crippen LogP) is 4.12. The van der Waals surface area contributed by atoms with Gasteiger partial charge in [0.25, 0.3) is 0 Å². The number of allylic oxidation sites excluding steroid dienone is 1. The summed E-state index contributed by atoms with van der Waals surface area (Å²) in [5, 5.41) is 0. The zero-order chi connectivity index (χ0) is 11.7. The largest absolute Gasteiger partial charge is 0.294 e. The molecule has 86 valence electrons. The SMILES string of the molecule is CC1(CI)CS/C(=C/C(=O)C(C)(C)C)S1. The molecule has 1 rings (SSSR count). The molecule has 0 aromatic heterocycles. The molecule has 0 N–H and O–H groups in total. The van der Waals surface area contributed by atoms with Crippen LogP contribution in [-0.2, 0) is 4.79 Å². The van der Waals surface area contributed by atoms with Gasteiger partial charge in [0, 0.05) is 30.7 Å². The average Bonchev–Trinajstić information content (AvgIpc) is 2.47. The summed E-state index contributed by atoms with van der Waals surface area (Å²) in [6.07, 6.45) is 1.83. The van der Waals surface area contributed by atoms with Gasteiger partial charge in [-0.05, 0) is 6.92 Å². The molecule has 1 heterocycles. The van der Waals surface area contributed by atoms with Gasteiger partial charge in [0.15, 0.2) is 5.78 Å². The van der Waals surface area contributed by atoms with E-state index in [4.69, 9.17) is 0 Å². The molecule has 1 fully saturated rings. The summed E-state index contributed by atoms with van der Waals surface area (Å²) in [4.78, 5) is 11.8. The van der Waals surface area contributed by atoms with Crippen LogP contribution in [0.4, 0.5) is 0 Å². The van der Waals surface area contributed by atoms with Crippen LogP contribution < -0.4 is 0 Å². The van der Waals surface area contributed by atoms with Crippen molar-refractivity contribution in [1.29, 1.82) is 0 Å². The predicted molar refractivity (Wildman–Crippen MR) is 79.9 cm³/mol. The van der Waals surface area contributed by atoms with Gasteiger partial charge in [-0.15, -0.1) is 23.5 Å². The lowest BCUT2D eigenvalue weighted by Crippen LogP contribution is -2.20. The molecule has 0 saturated carbocycles. The highest BCUT2D eigenvalue weighted by atomic mass is 127. The van der Waals surface area contributed by atoms with Crippen molar-refractivity contribution < 1.29 is 4.79 Å². The molecule has 1 nitrogen and oxygen atoms in total. The number of ketones is 1. The number of alkyl halides is 1. The highest BCUT2D eigenvalue weighted by Gasteiger charge is 2.33. The second-order valence-electron chi connectivity index (χ2n) is 5.05. The van der Waals surface area contributed by atoms with Crippen molar-refractivity contribution in [1.82, 2.24) is 0 Å². The lowest BCUT2D eigenvalue weighted by atomic mass is 9.91. The zero-order valence-electron chi connectivity index (χ0n) is 9.59. The Morgan fingerprint density at radius 3 is 2.60 bits per heavy atom. The van der Waals surface area contributed by atoms with Crippen molar-refractivity contribution in [2.45, 2.75) is 32.4 Å². The second-order valence-corrected chi connectivity index (χ2v) is 8.72. The Kier molecular flexibility index (Phi) is 4.64. The first-order valence-electron chi connectivity index (χ1n) is 4.91. The minimum Gasteiger partial charge on any atom is -0.294 e. The van der Waals surface area contributed by atoms with Crippen LogP contribution >= 0.6 is 46.1 Å². The summed E-state index contributed by atoms with van der Waals surface area (Å²) in [5.41, 5.74) is -0.253. The molecule has 1 saturated heterocycles. The van der Waals surface area contributed by atoms with Crippen LogP contribution in [0.2, 0.25) is 0 Å². The van der Waals surface area contributed by atoms with Gasteiger partial charge < -0.3 is 0 Å². The minimum absolute atomic E-state index is 0.232. The second kappa shape index (κ2) is 5.00. The topological polar surface area (TPSA) is 17.1 Å². The van der Waals surface area contributed by atoms with Gasteiger partial charge in [0.2, 0.25) is 0 Å². The number of halogens is 1. The quantitative estimate of drug-likeness (QED) is 0.421. The smallest absolute Gasteiger partial charge is 0.162 e. The van der Waals surface area contributed by atoms with Crippen LogP contribution in [0.1, 0.15) is 27.7 Å². The van der Waals surface area contributed by atoms with E-state index in [1.165, 1.54) is 4.24 Å². The summed E-state index contributed by atoms with van der Waals surface area (Å²) in [6, 6.07) is 0. The molecule has 0 spiro atoms. The molecular formula is C11H17IOS2. The number of carbonyl (C=O) groups excluding carboxylic acids is 1. The van der Waals surface area contributed by atoms with Gasteiger partial charge in [-0.1, -0.05) is 43.4 Å². The van der Waals surface area contributed by atoms with Crippen molar-refractivity contribution in [2.75, 3.05) is 10.2 Å². The number of carbonyl (C=O) groups is 1. The molecule has 0 radical (unpaired) electrons. The first-order valence-corrected chi connectivity index (χ1v) is 8.23. The Labute approximate surface area is 114 Å². The Morgan fingerprint density at radius 1 is 1.60 bits per heavy atom. The Morgan fingerprint density at radius 2 is 2.20 bits per heavy atom. The third-order valence-electron chi connectivity index (χ3n) is 2.14. The van der Waals surface area contributed by atoms with E-state index in [0.717, 1.165) is 10.2 Å². The van der Waals surface area contributed by atoms with E-state index < -0.39 is 0 Å². The van der Waals surface area contributed by atoms with Crippen LogP contribution in [0.5, 0.6) is 0 Å². The van der Waals surface area contributed by atoms with Crippen LogP contribution in [0.15, 0.2) is 10.3 Å². The van der Waals surface area contributed by atoms with E-state index in [2.05, 4.69) is 29.5 Å². The summed E-state index contributed by atoms with van der Waals surface area (Å²) in [6.45, 7) is 8.16. The van der Waals surface area contributed by atoms with Gasteiger partial charge in [0.1, 0.15) is 0 Å². The fraction of sp³-hybridized carbons (Fsp3) is 0.727. The van der Waals surface area contributed by atoms with Crippen molar-refractivity contribution in [3.63, 3.8) is 0 Å². The lowest BCUT2D eigenvalue weighted by molar-refractivity contribution is -0.121. The van der Waals surface area contributed by atoms with Crippen molar-refractivity contribution in [2.24, 2.45) is 5.41 Å². The minimum atomic E-state index is -0.253. The monoisotopic (exact) mass is 356 g/mol. The maximum absolute atomic E-state index is 11.8. The summed E-state index contributed by atoms with van der Waals surface area (Å²) in [7, 11) is 0. The number of rotatable bonds is 2. The van der Waals surface area contributed by atoms with Gasteiger partial charge in [-0.2, -0.15) is 0 Å². The maximum atomic E-state index is 11.8.